The number of rotatable bonds is 8. The van der Waals surface area contributed by atoms with Crippen molar-refractivity contribution in [2.24, 2.45) is 5.73 Å². The molecule has 3 heterocycles. The number of hydrogen-bond acceptors (Lipinski definition) is 9. The number of pyridine rings is 1. The molecule has 1 aromatic carbocycles. The van der Waals surface area contributed by atoms with Gasteiger partial charge < -0.3 is 20.5 Å². The Labute approximate surface area is 203 Å². The number of thiazole rings is 1. The van der Waals surface area contributed by atoms with Crippen LogP contribution in [0.5, 0.6) is 0 Å². The normalized spacial score (nSPS) is 15.1. The Morgan fingerprint density at radius 2 is 2.17 bits per heavy atom. The van der Waals surface area contributed by atoms with Crippen molar-refractivity contribution in [1.29, 1.82) is 0 Å². The minimum absolute atomic E-state index is 0.0285. The molecule has 12 heteroatoms. The first-order valence-electron chi connectivity index (χ1n) is 10.6. The lowest BCUT2D eigenvalue weighted by Crippen LogP contribution is -2.33. The molecule has 1 aliphatic heterocycles. The van der Waals surface area contributed by atoms with Gasteiger partial charge in [0.05, 0.1) is 36.7 Å². The predicted molar refractivity (Wildman–Crippen MR) is 126 cm³/mol. The number of benzene rings is 1. The van der Waals surface area contributed by atoms with Crippen LogP contribution in [0.25, 0.3) is 21.8 Å². The molecule has 182 valence electrons. The third-order valence-corrected chi connectivity index (χ3v) is 6.02. The Morgan fingerprint density at radius 1 is 1.34 bits per heavy atom. The summed E-state index contributed by atoms with van der Waals surface area (Å²) in [6, 6.07) is 7.92. The van der Waals surface area contributed by atoms with E-state index >= 15 is 0 Å². The number of hydrogen-bond donors (Lipinski definition) is 2. The van der Waals surface area contributed by atoms with Crippen molar-refractivity contribution >= 4 is 35.0 Å². The van der Waals surface area contributed by atoms with E-state index in [0.29, 0.717) is 33.2 Å². The molecule has 10 nitrogen and oxygen atoms in total. The summed E-state index contributed by atoms with van der Waals surface area (Å²) in [5.41, 5.74) is 7.63. The number of ether oxygens (including phenoxy) is 2. The SMILES string of the molecule is CC(=O)NC[C@H]1CN(c2ccc(-c3ccc(-c4nc(COC(=O)CN)cs4)nc3)c(F)c2)C(=O)O1. The monoisotopic (exact) mass is 499 g/mol. The molecule has 1 aliphatic rings. The van der Waals surface area contributed by atoms with E-state index in [-0.39, 0.29) is 32.1 Å². The highest BCUT2D eigenvalue weighted by atomic mass is 32.1. The van der Waals surface area contributed by atoms with E-state index < -0.39 is 24.0 Å². The zero-order valence-electron chi connectivity index (χ0n) is 18.7. The Kier molecular flexibility index (Phi) is 7.32. The molecule has 0 bridgehead atoms. The molecule has 4 rings (SSSR count). The lowest BCUT2D eigenvalue weighted by atomic mass is 10.1. The van der Waals surface area contributed by atoms with Crippen LogP contribution in [0.1, 0.15) is 12.6 Å². The first-order valence-corrected chi connectivity index (χ1v) is 11.5. The van der Waals surface area contributed by atoms with Crippen molar-refractivity contribution in [3.63, 3.8) is 0 Å². The Bertz CT molecular complexity index is 1250. The molecule has 3 N–H and O–H groups in total. The first kappa shape index (κ1) is 24.2. The number of carbonyl (C=O) groups excluding carboxylic acids is 3. The van der Waals surface area contributed by atoms with Crippen LogP contribution in [0.2, 0.25) is 0 Å². The average molecular weight is 500 g/mol. The second-order valence-corrected chi connectivity index (χ2v) is 8.52. The maximum absolute atomic E-state index is 14.9. The van der Waals surface area contributed by atoms with Crippen molar-refractivity contribution in [3.8, 4) is 21.8 Å². The van der Waals surface area contributed by atoms with Crippen molar-refractivity contribution in [2.75, 3.05) is 24.5 Å². The van der Waals surface area contributed by atoms with Crippen LogP contribution in [0.15, 0.2) is 41.9 Å². The summed E-state index contributed by atoms with van der Waals surface area (Å²) in [5.74, 6) is -1.26. The number of aromatic nitrogens is 2. The number of amides is 2. The fourth-order valence-corrected chi connectivity index (χ4v) is 4.17. The van der Waals surface area contributed by atoms with E-state index in [0.717, 1.165) is 0 Å². The topological polar surface area (TPSA) is 137 Å². The number of carbonyl (C=O) groups is 3. The molecular formula is C23H22FN5O5S. The number of nitrogens with one attached hydrogen (secondary N) is 1. The van der Waals surface area contributed by atoms with Gasteiger partial charge in [-0.05, 0) is 24.3 Å². The summed E-state index contributed by atoms with van der Waals surface area (Å²) < 4.78 is 25.1. The van der Waals surface area contributed by atoms with Crippen molar-refractivity contribution in [3.05, 3.63) is 53.4 Å². The predicted octanol–water partition coefficient (Wildman–Crippen LogP) is 2.47. The maximum atomic E-state index is 14.9. The van der Waals surface area contributed by atoms with Crippen LogP contribution in [0.4, 0.5) is 14.9 Å². The lowest BCUT2D eigenvalue weighted by Gasteiger charge is -2.14. The van der Waals surface area contributed by atoms with Gasteiger partial charge in [0, 0.05) is 29.6 Å². The first-order chi connectivity index (χ1) is 16.8. The van der Waals surface area contributed by atoms with E-state index in [1.54, 1.807) is 29.6 Å². The Morgan fingerprint density at radius 3 is 2.86 bits per heavy atom. The number of halogens is 1. The Balaban J connectivity index is 1.44. The zero-order chi connectivity index (χ0) is 24.9. The van der Waals surface area contributed by atoms with Gasteiger partial charge >= 0.3 is 12.1 Å². The number of anilines is 1. The molecule has 3 aromatic rings. The molecule has 0 spiro atoms. The number of nitrogens with two attached hydrogens (primary N) is 1. The van der Waals surface area contributed by atoms with E-state index in [1.807, 2.05) is 0 Å². The summed E-state index contributed by atoms with van der Waals surface area (Å²) in [4.78, 5) is 44.5. The summed E-state index contributed by atoms with van der Waals surface area (Å²) >= 11 is 1.35. The van der Waals surface area contributed by atoms with Crippen LogP contribution in [-0.2, 0) is 25.7 Å². The minimum Gasteiger partial charge on any atom is -0.458 e. The van der Waals surface area contributed by atoms with Gasteiger partial charge in [0.25, 0.3) is 0 Å². The molecule has 0 unspecified atom stereocenters. The lowest BCUT2D eigenvalue weighted by molar-refractivity contribution is -0.143. The van der Waals surface area contributed by atoms with Gasteiger partial charge in [0.1, 0.15) is 23.5 Å². The fourth-order valence-electron chi connectivity index (χ4n) is 3.39. The second kappa shape index (κ2) is 10.6. The molecule has 0 radical (unpaired) electrons. The van der Waals surface area contributed by atoms with E-state index in [9.17, 15) is 18.8 Å². The van der Waals surface area contributed by atoms with E-state index in [1.165, 1.54) is 35.4 Å². The standard InChI is InChI=1S/C23H22FN5O5S/c1-13(30)26-9-17-10-29(23(32)34-17)16-3-4-18(19(24)6-16)14-2-5-20(27-8-14)22-28-15(12-35-22)11-33-21(31)7-25/h2-6,8,12,17H,7,9-11,25H2,1H3,(H,26,30)/t17-/m0/s1. The molecule has 2 aromatic heterocycles. The third-order valence-electron chi connectivity index (χ3n) is 5.11. The van der Waals surface area contributed by atoms with E-state index in [4.69, 9.17) is 15.2 Å². The van der Waals surface area contributed by atoms with Gasteiger partial charge in [0.15, 0.2) is 0 Å². The maximum Gasteiger partial charge on any atom is 0.414 e. The van der Waals surface area contributed by atoms with Gasteiger partial charge in [-0.1, -0.05) is 6.07 Å². The smallest absolute Gasteiger partial charge is 0.414 e. The highest BCUT2D eigenvalue weighted by molar-refractivity contribution is 7.13. The fraction of sp³-hybridized carbons (Fsp3) is 0.261. The van der Waals surface area contributed by atoms with Gasteiger partial charge in [0.2, 0.25) is 5.91 Å². The molecule has 1 atom stereocenters. The van der Waals surface area contributed by atoms with Crippen LogP contribution < -0.4 is 16.0 Å². The minimum atomic E-state index is -0.598. The van der Waals surface area contributed by atoms with E-state index in [2.05, 4.69) is 15.3 Å². The number of esters is 1. The van der Waals surface area contributed by atoms with Crippen LogP contribution >= 0.6 is 11.3 Å². The molecular weight excluding hydrogens is 477 g/mol. The van der Waals surface area contributed by atoms with Gasteiger partial charge in [-0.15, -0.1) is 11.3 Å². The molecule has 2 amide bonds. The average Bonchev–Trinajstić information content (AvgIpc) is 3.48. The summed E-state index contributed by atoms with van der Waals surface area (Å²) in [6.07, 6.45) is 0.431. The molecule has 0 aliphatic carbocycles. The summed E-state index contributed by atoms with van der Waals surface area (Å²) in [7, 11) is 0. The largest absolute Gasteiger partial charge is 0.458 e. The van der Waals surface area contributed by atoms with Crippen molar-refractivity contribution in [2.45, 2.75) is 19.6 Å². The second-order valence-electron chi connectivity index (χ2n) is 7.66. The highest BCUT2D eigenvalue weighted by Crippen LogP contribution is 2.30. The molecule has 1 fully saturated rings. The van der Waals surface area contributed by atoms with Crippen molar-refractivity contribution < 1.29 is 28.2 Å². The molecule has 35 heavy (non-hydrogen) atoms. The van der Waals surface area contributed by atoms with Gasteiger partial charge in [-0.25, -0.2) is 14.2 Å². The quantitative estimate of drug-likeness (QED) is 0.451. The third kappa shape index (κ3) is 5.78. The summed E-state index contributed by atoms with van der Waals surface area (Å²) in [5, 5.41) is 4.99. The van der Waals surface area contributed by atoms with Crippen molar-refractivity contribution in [1.82, 2.24) is 15.3 Å². The van der Waals surface area contributed by atoms with Gasteiger partial charge in [-0.2, -0.15) is 0 Å². The number of nitrogens with zero attached hydrogens (tertiary/aromatic N) is 3. The van der Waals surface area contributed by atoms with Gasteiger partial charge in [-0.3, -0.25) is 19.5 Å². The summed E-state index contributed by atoms with van der Waals surface area (Å²) in [6.45, 7) is 1.60. The molecule has 0 saturated carbocycles. The number of cyclic esters (lactones) is 1. The highest BCUT2D eigenvalue weighted by Gasteiger charge is 2.32. The van der Waals surface area contributed by atoms with Crippen LogP contribution in [-0.4, -0.2) is 53.7 Å². The Hall–Kier alpha value is -3.90. The van der Waals surface area contributed by atoms with Crippen LogP contribution in [0.3, 0.4) is 0 Å². The molecule has 1 saturated heterocycles. The zero-order valence-corrected chi connectivity index (χ0v) is 19.5. The van der Waals surface area contributed by atoms with Crippen LogP contribution in [0, 0.1) is 5.82 Å².